The number of fused-ring (bicyclic) bond motifs is 1. The van der Waals surface area contributed by atoms with Crippen LogP contribution in [0.5, 0.6) is 0 Å². The first-order valence-corrected chi connectivity index (χ1v) is 18.4. The molecule has 0 unspecified atom stereocenters. The average molecular weight is 712 g/mol. The van der Waals surface area contributed by atoms with Gasteiger partial charge in [0.15, 0.2) is 11.5 Å². The standard InChI is InChI=1S/C40H49N5O7/c1-26(46)35-14-15-36(52-35)38(48)33(20-27-8-3-2-4-9-27)43-40(50)34(23-31-24-41-25-42-31)44-39(49)30(22-37(47)45-16-18-51-19-17-45)21-29-12-7-11-28-10-5-6-13-32(28)29/h5-7,10-15,24-25,27,30,33-34,38,48H,2-4,8-9,16-23H2,1H3,(H,41,42)(H,43,50)(H,44,49)/t30-,33+,34+,38-/m1/s1. The molecule has 52 heavy (non-hydrogen) atoms. The van der Waals surface area contributed by atoms with Crippen LogP contribution in [0.1, 0.15) is 85.5 Å². The molecule has 4 N–H and O–H groups in total. The number of ketones is 1. The minimum absolute atomic E-state index is 0.0343. The largest absolute Gasteiger partial charge is 0.455 e. The predicted octanol–water partition coefficient (Wildman–Crippen LogP) is 4.68. The molecule has 0 spiro atoms. The lowest BCUT2D eigenvalue weighted by Gasteiger charge is -2.31. The first kappa shape index (κ1) is 37.0. The van der Waals surface area contributed by atoms with E-state index in [4.69, 9.17) is 9.15 Å². The number of nitrogens with zero attached hydrogens (tertiary/aromatic N) is 2. The Morgan fingerprint density at radius 3 is 2.44 bits per heavy atom. The Labute approximate surface area is 303 Å². The van der Waals surface area contributed by atoms with Gasteiger partial charge in [0.2, 0.25) is 17.7 Å². The lowest BCUT2D eigenvalue weighted by Crippen LogP contribution is -2.54. The van der Waals surface area contributed by atoms with Crippen LogP contribution in [-0.2, 0) is 32.0 Å². The average Bonchev–Trinajstić information content (AvgIpc) is 3.88. The summed E-state index contributed by atoms with van der Waals surface area (Å²) in [6.45, 7) is 3.20. The van der Waals surface area contributed by atoms with Crippen LogP contribution in [0.4, 0.5) is 0 Å². The molecule has 2 fully saturated rings. The highest BCUT2D eigenvalue weighted by Gasteiger charge is 2.34. The van der Waals surface area contributed by atoms with Crippen molar-refractivity contribution in [2.75, 3.05) is 26.3 Å². The zero-order valence-corrected chi connectivity index (χ0v) is 29.7. The number of carbonyl (C=O) groups is 4. The third kappa shape index (κ3) is 9.54. The Hall–Kier alpha value is -4.81. The third-order valence-corrected chi connectivity index (χ3v) is 10.4. The van der Waals surface area contributed by atoms with Crippen LogP contribution in [-0.4, -0.2) is 81.9 Å². The van der Waals surface area contributed by atoms with E-state index in [0.717, 1.165) is 48.4 Å². The van der Waals surface area contributed by atoms with Crippen LogP contribution in [0.15, 0.2) is 71.5 Å². The highest BCUT2D eigenvalue weighted by atomic mass is 16.5. The summed E-state index contributed by atoms with van der Waals surface area (Å²) in [5.41, 5.74) is 1.57. The number of aromatic amines is 1. The van der Waals surface area contributed by atoms with Crippen molar-refractivity contribution >= 4 is 34.3 Å². The number of hydrogen-bond acceptors (Lipinski definition) is 8. The van der Waals surface area contributed by atoms with Crippen molar-refractivity contribution in [3.05, 3.63) is 89.9 Å². The van der Waals surface area contributed by atoms with E-state index in [1.807, 2.05) is 42.5 Å². The maximum absolute atomic E-state index is 14.4. The van der Waals surface area contributed by atoms with Gasteiger partial charge in [0, 0.05) is 44.7 Å². The van der Waals surface area contributed by atoms with Crippen LogP contribution in [0, 0.1) is 11.8 Å². The van der Waals surface area contributed by atoms with Crippen LogP contribution < -0.4 is 10.6 Å². The summed E-state index contributed by atoms with van der Waals surface area (Å²) in [5.74, 6) is -1.47. The molecule has 1 aliphatic heterocycles. The second kappa shape index (κ2) is 17.6. The number of aliphatic hydroxyl groups is 1. The summed E-state index contributed by atoms with van der Waals surface area (Å²) in [6.07, 6.45) is 8.05. The van der Waals surface area contributed by atoms with Gasteiger partial charge in [-0.15, -0.1) is 0 Å². The Morgan fingerprint density at radius 1 is 0.942 bits per heavy atom. The molecule has 0 radical (unpaired) electrons. The molecular weight excluding hydrogens is 662 g/mol. The molecule has 0 bridgehead atoms. The van der Waals surface area contributed by atoms with Crippen LogP contribution in [0.3, 0.4) is 0 Å². The molecule has 2 aromatic heterocycles. The maximum atomic E-state index is 14.4. The number of ether oxygens (including phenoxy) is 1. The topological polar surface area (TPSA) is 167 Å². The molecule has 12 nitrogen and oxygen atoms in total. The minimum atomic E-state index is -1.22. The molecule has 4 atom stereocenters. The number of imidazole rings is 1. The van der Waals surface area contributed by atoms with Gasteiger partial charge in [0.05, 0.1) is 31.5 Å². The van der Waals surface area contributed by atoms with Gasteiger partial charge in [-0.2, -0.15) is 0 Å². The molecule has 1 saturated carbocycles. The zero-order chi connectivity index (χ0) is 36.5. The molecule has 2 aromatic carbocycles. The second-order valence-corrected chi connectivity index (χ2v) is 14.1. The first-order valence-electron chi connectivity index (χ1n) is 18.4. The number of H-pyrrole nitrogens is 1. The van der Waals surface area contributed by atoms with Crippen molar-refractivity contribution in [2.24, 2.45) is 11.8 Å². The van der Waals surface area contributed by atoms with Crippen molar-refractivity contribution in [2.45, 2.75) is 82.9 Å². The van der Waals surface area contributed by atoms with E-state index in [0.29, 0.717) is 44.8 Å². The normalized spacial score (nSPS) is 17.6. The molecule has 3 amide bonds. The van der Waals surface area contributed by atoms with Gasteiger partial charge in [0.25, 0.3) is 0 Å². The number of aliphatic hydroxyl groups excluding tert-OH is 1. The summed E-state index contributed by atoms with van der Waals surface area (Å²) in [7, 11) is 0. The number of nitrogens with one attached hydrogen (secondary N) is 3. The highest BCUT2D eigenvalue weighted by molar-refractivity contribution is 5.92. The van der Waals surface area contributed by atoms with Crippen molar-refractivity contribution < 1.29 is 33.4 Å². The Kier molecular flexibility index (Phi) is 12.5. The number of benzene rings is 2. The van der Waals surface area contributed by atoms with Gasteiger partial charge in [-0.1, -0.05) is 74.6 Å². The summed E-state index contributed by atoms with van der Waals surface area (Å²) >= 11 is 0. The van der Waals surface area contributed by atoms with Crippen molar-refractivity contribution in [1.82, 2.24) is 25.5 Å². The fraction of sp³-hybridized carbons (Fsp3) is 0.475. The number of morpholine rings is 1. The van der Waals surface area contributed by atoms with Gasteiger partial charge in [0.1, 0.15) is 17.9 Å². The third-order valence-electron chi connectivity index (χ3n) is 10.4. The van der Waals surface area contributed by atoms with E-state index in [1.54, 1.807) is 17.2 Å². The number of amides is 3. The predicted molar refractivity (Wildman–Crippen MR) is 194 cm³/mol. The van der Waals surface area contributed by atoms with Gasteiger partial charge in [-0.05, 0) is 47.2 Å². The SMILES string of the molecule is CC(=O)c1ccc([C@H](O)[C@H](CC2CCCCC2)NC(=O)[C@H](Cc2cnc[nH]2)NC(=O)[C@@H](CC(=O)N2CCOCC2)Cc2cccc3ccccc23)o1. The lowest BCUT2D eigenvalue weighted by molar-refractivity contribution is -0.140. The summed E-state index contributed by atoms with van der Waals surface area (Å²) in [5, 5.41) is 19.6. The first-order chi connectivity index (χ1) is 25.2. The molecule has 2 aliphatic rings. The Bertz CT molecular complexity index is 1800. The van der Waals surface area contributed by atoms with E-state index in [2.05, 4.69) is 20.6 Å². The van der Waals surface area contributed by atoms with E-state index in [-0.39, 0.29) is 42.0 Å². The Morgan fingerprint density at radius 2 is 1.71 bits per heavy atom. The number of rotatable bonds is 15. The number of aromatic nitrogens is 2. The molecular formula is C40H49N5O7. The molecule has 6 rings (SSSR count). The van der Waals surface area contributed by atoms with Gasteiger partial charge in [-0.3, -0.25) is 19.2 Å². The Balaban J connectivity index is 1.25. The molecule has 1 aliphatic carbocycles. The molecule has 12 heteroatoms. The summed E-state index contributed by atoms with van der Waals surface area (Å²) in [4.78, 5) is 63.0. The smallest absolute Gasteiger partial charge is 0.243 e. The van der Waals surface area contributed by atoms with Crippen LogP contribution in [0.25, 0.3) is 10.8 Å². The zero-order valence-electron chi connectivity index (χ0n) is 29.7. The van der Waals surface area contributed by atoms with Crippen molar-refractivity contribution in [3.63, 3.8) is 0 Å². The fourth-order valence-corrected chi connectivity index (χ4v) is 7.49. The molecule has 4 aromatic rings. The lowest BCUT2D eigenvalue weighted by atomic mass is 9.83. The van der Waals surface area contributed by atoms with Gasteiger partial charge < -0.3 is 34.8 Å². The minimum Gasteiger partial charge on any atom is -0.455 e. The van der Waals surface area contributed by atoms with E-state index < -0.39 is 35.9 Å². The van der Waals surface area contributed by atoms with Crippen LogP contribution >= 0.6 is 0 Å². The fourth-order valence-electron chi connectivity index (χ4n) is 7.49. The van der Waals surface area contributed by atoms with Crippen molar-refractivity contribution in [3.8, 4) is 0 Å². The van der Waals surface area contributed by atoms with E-state index >= 15 is 0 Å². The van der Waals surface area contributed by atoms with E-state index in [1.165, 1.54) is 19.3 Å². The maximum Gasteiger partial charge on any atom is 0.243 e. The monoisotopic (exact) mass is 711 g/mol. The van der Waals surface area contributed by atoms with Crippen LogP contribution in [0.2, 0.25) is 0 Å². The molecule has 1 saturated heterocycles. The molecule has 276 valence electrons. The highest BCUT2D eigenvalue weighted by Crippen LogP contribution is 2.32. The quantitative estimate of drug-likeness (QED) is 0.129. The number of furan rings is 1. The number of Topliss-reactive ketones (excluding diaryl/α,β-unsaturated/α-hetero) is 1. The molecule has 3 heterocycles. The summed E-state index contributed by atoms with van der Waals surface area (Å²) in [6, 6.07) is 15.2. The number of carbonyl (C=O) groups excluding carboxylic acids is 4. The summed E-state index contributed by atoms with van der Waals surface area (Å²) < 4.78 is 11.1. The van der Waals surface area contributed by atoms with Crippen molar-refractivity contribution in [1.29, 1.82) is 0 Å². The van der Waals surface area contributed by atoms with Gasteiger partial charge in [-0.25, -0.2) is 4.98 Å². The number of hydrogen-bond donors (Lipinski definition) is 4. The van der Waals surface area contributed by atoms with Gasteiger partial charge >= 0.3 is 0 Å². The van der Waals surface area contributed by atoms with E-state index in [9.17, 15) is 24.3 Å². The second-order valence-electron chi connectivity index (χ2n) is 14.1.